The van der Waals surface area contributed by atoms with Crippen molar-refractivity contribution in [2.45, 2.75) is 50.5 Å². The van der Waals surface area contributed by atoms with Crippen molar-refractivity contribution in [1.82, 2.24) is 29.7 Å². The molecule has 7 rings (SSSR count). The van der Waals surface area contributed by atoms with Crippen molar-refractivity contribution < 1.29 is 19.1 Å². The molecule has 0 radical (unpaired) electrons. The van der Waals surface area contributed by atoms with Crippen LogP contribution in [0.2, 0.25) is 0 Å². The van der Waals surface area contributed by atoms with Gasteiger partial charge in [-0.25, -0.2) is 9.97 Å². The molecular formula is C34H38N6O4S2. The predicted octanol–water partition coefficient (Wildman–Crippen LogP) is 5.71. The van der Waals surface area contributed by atoms with Crippen molar-refractivity contribution in [2.75, 3.05) is 37.0 Å². The first-order valence-electron chi connectivity index (χ1n) is 15.8. The average molecular weight is 659 g/mol. The molecule has 0 spiro atoms. The SMILES string of the molecule is CSCN(Cc1ncc(-c2ccc(-c3ccc(-c4cnc([C@@H]5CSCN5C(=O)[C@H]5CCCO5)[nH]4)cc3)cc2)[nH]1)C(=O)[C@H]1CCCO1. The molecule has 0 aliphatic carbocycles. The quantitative estimate of drug-likeness (QED) is 0.208. The highest BCUT2D eigenvalue weighted by molar-refractivity contribution is 7.99. The third-order valence-corrected chi connectivity index (χ3v) is 10.4. The highest BCUT2D eigenvalue weighted by Gasteiger charge is 2.37. The van der Waals surface area contributed by atoms with Gasteiger partial charge in [0.25, 0.3) is 11.8 Å². The number of carbonyl (C=O) groups is 2. The smallest absolute Gasteiger partial charge is 0.253 e. The van der Waals surface area contributed by atoms with Gasteiger partial charge in [-0.3, -0.25) is 9.59 Å². The summed E-state index contributed by atoms with van der Waals surface area (Å²) in [6, 6.07) is 16.7. The summed E-state index contributed by atoms with van der Waals surface area (Å²) >= 11 is 3.37. The van der Waals surface area contributed by atoms with E-state index in [4.69, 9.17) is 9.47 Å². The number of carbonyl (C=O) groups excluding carboxylic acids is 2. The van der Waals surface area contributed by atoms with Crippen molar-refractivity contribution in [1.29, 1.82) is 0 Å². The van der Waals surface area contributed by atoms with Crippen LogP contribution >= 0.6 is 23.5 Å². The van der Waals surface area contributed by atoms with Gasteiger partial charge in [0.2, 0.25) is 0 Å². The summed E-state index contributed by atoms with van der Waals surface area (Å²) in [5.41, 5.74) is 6.14. The Hall–Kier alpha value is -3.58. The molecule has 2 N–H and O–H groups in total. The van der Waals surface area contributed by atoms with Gasteiger partial charge in [-0.2, -0.15) is 0 Å². The lowest BCUT2D eigenvalue weighted by atomic mass is 10.0. The number of amides is 2. The summed E-state index contributed by atoms with van der Waals surface area (Å²) < 4.78 is 11.3. The Morgan fingerprint density at radius 3 is 2.13 bits per heavy atom. The zero-order chi connectivity index (χ0) is 31.5. The number of nitrogens with zero attached hydrogens (tertiary/aromatic N) is 4. The Balaban J connectivity index is 0.991. The summed E-state index contributed by atoms with van der Waals surface area (Å²) in [4.78, 5) is 45.8. The summed E-state index contributed by atoms with van der Waals surface area (Å²) in [7, 11) is 0. The van der Waals surface area contributed by atoms with E-state index >= 15 is 0 Å². The van der Waals surface area contributed by atoms with E-state index in [0.29, 0.717) is 31.5 Å². The van der Waals surface area contributed by atoms with Crippen LogP contribution in [-0.2, 0) is 25.6 Å². The van der Waals surface area contributed by atoms with Gasteiger partial charge >= 0.3 is 0 Å². The van der Waals surface area contributed by atoms with Gasteiger partial charge in [-0.1, -0.05) is 48.5 Å². The number of hydrogen-bond donors (Lipinski definition) is 2. The van der Waals surface area contributed by atoms with Gasteiger partial charge in [-0.15, -0.1) is 23.5 Å². The van der Waals surface area contributed by atoms with Crippen LogP contribution in [0.15, 0.2) is 60.9 Å². The number of aromatic nitrogens is 4. The lowest BCUT2D eigenvalue weighted by molar-refractivity contribution is -0.141. The fourth-order valence-electron chi connectivity index (χ4n) is 6.27. The highest BCUT2D eigenvalue weighted by Crippen LogP contribution is 2.35. The van der Waals surface area contributed by atoms with Crippen LogP contribution in [0.1, 0.15) is 43.4 Å². The largest absolute Gasteiger partial charge is 0.368 e. The normalized spacial score (nSPS) is 21.2. The number of imidazole rings is 2. The van der Waals surface area contributed by atoms with Gasteiger partial charge in [-0.05, 0) is 54.2 Å². The predicted molar refractivity (Wildman–Crippen MR) is 181 cm³/mol. The zero-order valence-electron chi connectivity index (χ0n) is 25.8. The first kappa shape index (κ1) is 31.0. The summed E-state index contributed by atoms with van der Waals surface area (Å²) in [5, 5.41) is 0. The van der Waals surface area contributed by atoms with E-state index in [2.05, 4.69) is 68.5 Å². The van der Waals surface area contributed by atoms with Gasteiger partial charge in [0.05, 0.1) is 48.1 Å². The van der Waals surface area contributed by atoms with Crippen LogP contribution in [0.3, 0.4) is 0 Å². The number of thioether (sulfide) groups is 2. The topological polar surface area (TPSA) is 116 Å². The minimum Gasteiger partial charge on any atom is -0.368 e. The molecular weight excluding hydrogens is 621 g/mol. The van der Waals surface area contributed by atoms with Gasteiger partial charge in [0.1, 0.15) is 23.9 Å². The number of benzene rings is 2. The molecule has 5 heterocycles. The Kier molecular flexibility index (Phi) is 9.48. The maximum Gasteiger partial charge on any atom is 0.253 e. The minimum absolute atomic E-state index is 0.0364. The Morgan fingerprint density at radius 2 is 1.50 bits per heavy atom. The standard InChI is InChI=1S/C34H38N6O4S2/c1-45-20-39(33(41)29-4-2-14-43-29)18-31-35-16-26(37-31)24-10-6-22(7-11-24)23-8-12-25(13-9-23)27-17-36-32(38-27)28-19-46-21-40(28)34(42)30-5-3-15-44-30/h6-13,16-17,28-30H,2-5,14-15,18-21H2,1H3,(H,35,37)(H,36,38)/t28-,29+,30+/m0/s1. The average Bonchev–Trinajstić information content (AvgIpc) is 3.93. The number of H-pyrrole nitrogens is 2. The van der Waals surface area contributed by atoms with E-state index in [1.54, 1.807) is 23.5 Å². The zero-order valence-corrected chi connectivity index (χ0v) is 27.4. The summed E-state index contributed by atoms with van der Waals surface area (Å²) in [5.74, 6) is 3.78. The van der Waals surface area contributed by atoms with E-state index in [1.807, 2.05) is 28.4 Å². The van der Waals surface area contributed by atoms with Gasteiger partial charge in [0.15, 0.2) is 0 Å². The number of hydrogen-bond acceptors (Lipinski definition) is 8. The number of rotatable bonds is 10. The van der Waals surface area contributed by atoms with Crippen molar-refractivity contribution in [3.63, 3.8) is 0 Å². The number of nitrogens with one attached hydrogen (secondary N) is 2. The van der Waals surface area contributed by atoms with Crippen LogP contribution in [0.4, 0.5) is 0 Å². The van der Waals surface area contributed by atoms with Gasteiger partial charge in [0, 0.05) is 19.0 Å². The maximum absolute atomic E-state index is 13.0. The summed E-state index contributed by atoms with van der Waals surface area (Å²) in [6.07, 6.45) is 8.47. The first-order valence-corrected chi connectivity index (χ1v) is 18.3. The first-order chi connectivity index (χ1) is 22.6. The Labute approximate surface area is 277 Å². The summed E-state index contributed by atoms with van der Waals surface area (Å²) in [6.45, 7) is 1.74. The molecule has 12 heteroatoms. The highest BCUT2D eigenvalue weighted by atomic mass is 32.2. The third-order valence-electron chi connectivity index (χ3n) is 8.78. The van der Waals surface area contributed by atoms with E-state index in [9.17, 15) is 9.59 Å². The molecule has 3 aliphatic rings. The van der Waals surface area contributed by atoms with Crippen molar-refractivity contribution in [3.8, 4) is 33.6 Å². The fourth-order valence-corrected chi connectivity index (χ4v) is 7.97. The van der Waals surface area contributed by atoms with Crippen molar-refractivity contribution in [3.05, 3.63) is 72.6 Å². The van der Waals surface area contributed by atoms with E-state index in [0.717, 1.165) is 76.7 Å². The second kappa shape index (κ2) is 14.0. The van der Waals surface area contributed by atoms with Crippen molar-refractivity contribution in [2.24, 2.45) is 0 Å². The Bertz CT molecular complexity index is 1640. The van der Waals surface area contributed by atoms with E-state index < -0.39 is 0 Å². The maximum atomic E-state index is 13.0. The monoisotopic (exact) mass is 658 g/mol. The molecule has 3 saturated heterocycles. The second-order valence-electron chi connectivity index (χ2n) is 11.9. The molecule has 240 valence electrons. The van der Waals surface area contributed by atoms with Gasteiger partial charge < -0.3 is 29.2 Å². The van der Waals surface area contributed by atoms with E-state index in [-0.39, 0.29) is 30.1 Å². The molecule has 3 fully saturated rings. The molecule has 3 aliphatic heterocycles. The van der Waals surface area contributed by atoms with Crippen molar-refractivity contribution >= 4 is 35.3 Å². The lowest BCUT2D eigenvalue weighted by Gasteiger charge is -2.24. The Morgan fingerprint density at radius 1 is 0.891 bits per heavy atom. The van der Waals surface area contributed by atoms with E-state index in [1.165, 1.54) is 0 Å². The fraction of sp³-hybridized carbons (Fsp3) is 0.412. The van der Waals surface area contributed by atoms with Crippen LogP contribution < -0.4 is 0 Å². The number of ether oxygens (including phenoxy) is 2. The second-order valence-corrected chi connectivity index (χ2v) is 13.7. The molecule has 2 aromatic carbocycles. The number of aromatic amines is 2. The molecule has 46 heavy (non-hydrogen) atoms. The van der Waals surface area contributed by atoms with Crippen LogP contribution in [-0.4, -0.2) is 90.7 Å². The molecule has 10 nitrogen and oxygen atoms in total. The molecule has 4 aromatic rings. The molecule has 2 aromatic heterocycles. The molecule has 0 unspecified atom stereocenters. The molecule has 2 amide bonds. The molecule has 3 atom stereocenters. The van der Waals surface area contributed by atoms with Crippen LogP contribution in [0.5, 0.6) is 0 Å². The lowest BCUT2D eigenvalue weighted by Crippen LogP contribution is -2.39. The van der Waals surface area contributed by atoms with Crippen LogP contribution in [0.25, 0.3) is 33.6 Å². The molecule has 0 bridgehead atoms. The molecule has 0 saturated carbocycles. The minimum atomic E-state index is -0.337. The third kappa shape index (κ3) is 6.62. The van der Waals surface area contributed by atoms with Crippen LogP contribution in [0, 0.1) is 0 Å².